The standard InChI is InChI=1S/C15H20N2O3/c1-11-4-3-5-13(8-11)16(2)14-7-6-12(10-18)9-15(14)17(19)20/h6-7,9-11,13H,3-5,8H2,1-2H3. The molecule has 1 aliphatic carbocycles. The molecule has 0 spiro atoms. The smallest absolute Gasteiger partial charge is 0.293 e. The van der Waals surface area contributed by atoms with Crippen molar-refractivity contribution >= 4 is 17.7 Å². The van der Waals surface area contributed by atoms with Crippen molar-refractivity contribution < 1.29 is 9.72 Å². The van der Waals surface area contributed by atoms with Crippen LogP contribution in [0.15, 0.2) is 18.2 Å². The van der Waals surface area contributed by atoms with Gasteiger partial charge in [-0.3, -0.25) is 14.9 Å². The van der Waals surface area contributed by atoms with Crippen LogP contribution < -0.4 is 4.90 Å². The van der Waals surface area contributed by atoms with E-state index in [1.54, 1.807) is 12.1 Å². The zero-order valence-corrected chi connectivity index (χ0v) is 11.9. The highest BCUT2D eigenvalue weighted by atomic mass is 16.6. The minimum absolute atomic E-state index is 0.00956. The van der Waals surface area contributed by atoms with Gasteiger partial charge in [-0.1, -0.05) is 19.8 Å². The molecular formula is C15H20N2O3. The van der Waals surface area contributed by atoms with Crippen molar-refractivity contribution in [2.45, 2.75) is 38.6 Å². The van der Waals surface area contributed by atoms with Gasteiger partial charge in [0, 0.05) is 24.7 Å². The van der Waals surface area contributed by atoms with Gasteiger partial charge in [-0.05, 0) is 30.9 Å². The first-order chi connectivity index (χ1) is 9.52. The van der Waals surface area contributed by atoms with E-state index in [0.29, 0.717) is 29.5 Å². The van der Waals surface area contributed by atoms with Gasteiger partial charge in [0.1, 0.15) is 12.0 Å². The van der Waals surface area contributed by atoms with Crippen LogP contribution in [0.4, 0.5) is 11.4 Å². The summed E-state index contributed by atoms with van der Waals surface area (Å²) in [5, 5.41) is 11.2. The molecule has 0 bridgehead atoms. The molecule has 1 aliphatic rings. The number of nitrogens with zero attached hydrogens (tertiary/aromatic N) is 2. The van der Waals surface area contributed by atoms with E-state index in [9.17, 15) is 14.9 Å². The van der Waals surface area contributed by atoms with Crippen molar-refractivity contribution in [2.75, 3.05) is 11.9 Å². The lowest BCUT2D eigenvalue weighted by Crippen LogP contribution is -2.35. The Kier molecular flexibility index (Phi) is 4.37. The maximum Gasteiger partial charge on any atom is 0.293 e. The molecule has 108 valence electrons. The van der Waals surface area contributed by atoms with Crippen molar-refractivity contribution in [1.29, 1.82) is 0 Å². The van der Waals surface area contributed by atoms with Crippen LogP contribution in [0.3, 0.4) is 0 Å². The second-order valence-corrected chi connectivity index (χ2v) is 5.66. The van der Waals surface area contributed by atoms with Crippen LogP contribution in [0.25, 0.3) is 0 Å². The zero-order valence-electron chi connectivity index (χ0n) is 11.9. The summed E-state index contributed by atoms with van der Waals surface area (Å²) in [4.78, 5) is 23.6. The molecule has 0 amide bonds. The van der Waals surface area contributed by atoms with Gasteiger partial charge in [0.15, 0.2) is 0 Å². The number of benzene rings is 1. The average Bonchev–Trinajstić information content (AvgIpc) is 2.45. The second kappa shape index (κ2) is 6.03. The fourth-order valence-corrected chi connectivity index (χ4v) is 3.01. The number of anilines is 1. The van der Waals surface area contributed by atoms with E-state index in [4.69, 9.17) is 0 Å². The molecule has 0 aliphatic heterocycles. The molecule has 5 heteroatoms. The number of carbonyl (C=O) groups excluding carboxylic acids is 1. The maximum atomic E-state index is 11.2. The van der Waals surface area contributed by atoms with Gasteiger partial charge in [0.25, 0.3) is 5.69 Å². The topological polar surface area (TPSA) is 63.5 Å². The Hall–Kier alpha value is -1.91. The molecule has 1 aromatic carbocycles. The number of hydrogen-bond acceptors (Lipinski definition) is 4. The minimum Gasteiger partial charge on any atom is -0.366 e. The Labute approximate surface area is 118 Å². The number of aldehydes is 1. The van der Waals surface area contributed by atoms with E-state index < -0.39 is 4.92 Å². The minimum atomic E-state index is -0.412. The largest absolute Gasteiger partial charge is 0.366 e. The van der Waals surface area contributed by atoms with Crippen LogP contribution in [0.2, 0.25) is 0 Å². The summed E-state index contributed by atoms with van der Waals surface area (Å²) in [5.41, 5.74) is 0.945. The van der Waals surface area contributed by atoms with E-state index in [1.807, 2.05) is 11.9 Å². The monoisotopic (exact) mass is 276 g/mol. The van der Waals surface area contributed by atoms with E-state index in [1.165, 1.54) is 12.5 Å². The fourth-order valence-electron chi connectivity index (χ4n) is 3.01. The molecule has 2 rings (SSSR count). The van der Waals surface area contributed by atoms with Crippen molar-refractivity contribution in [3.8, 4) is 0 Å². The molecule has 0 saturated heterocycles. The normalized spacial score (nSPS) is 22.3. The van der Waals surface area contributed by atoms with E-state index >= 15 is 0 Å². The molecule has 0 heterocycles. The van der Waals surface area contributed by atoms with Crippen molar-refractivity contribution in [3.63, 3.8) is 0 Å². The van der Waals surface area contributed by atoms with Crippen LogP contribution in [-0.4, -0.2) is 24.3 Å². The van der Waals surface area contributed by atoms with Crippen LogP contribution in [0.5, 0.6) is 0 Å². The van der Waals surface area contributed by atoms with Gasteiger partial charge in [0.05, 0.1) is 4.92 Å². The molecule has 2 unspecified atom stereocenters. The van der Waals surface area contributed by atoms with Gasteiger partial charge in [-0.2, -0.15) is 0 Å². The van der Waals surface area contributed by atoms with E-state index in [0.717, 1.165) is 19.3 Å². The maximum absolute atomic E-state index is 11.2. The number of nitro benzene ring substituents is 1. The first-order valence-corrected chi connectivity index (χ1v) is 6.99. The molecular weight excluding hydrogens is 256 g/mol. The van der Waals surface area contributed by atoms with Gasteiger partial charge in [-0.25, -0.2) is 0 Å². The highest BCUT2D eigenvalue weighted by Crippen LogP contribution is 2.34. The molecule has 2 atom stereocenters. The summed E-state index contributed by atoms with van der Waals surface area (Å²) < 4.78 is 0. The summed E-state index contributed by atoms with van der Waals surface area (Å²) in [6.45, 7) is 2.23. The van der Waals surface area contributed by atoms with Crippen molar-refractivity contribution in [3.05, 3.63) is 33.9 Å². The fraction of sp³-hybridized carbons (Fsp3) is 0.533. The molecule has 1 saturated carbocycles. The number of nitro groups is 1. The first kappa shape index (κ1) is 14.5. The molecule has 0 radical (unpaired) electrons. The predicted octanol–water partition coefficient (Wildman–Crippen LogP) is 3.42. The number of carbonyl (C=O) groups is 1. The van der Waals surface area contributed by atoms with Gasteiger partial charge in [0.2, 0.25) is 0 Å². The Bertz CT molecular complexity index is 516. The lowest BCUT2D eigenvalue weighted by atomic mass is 9.86. The Morgan fingerprint density at radius 2 is 2.15 bits per heavy atom. The highest BCUT2D eigenvalue weighted by molar-refractivity contribution is 5.79. The molecule has 0 aromatic heterocycles. The molecule has 1 aromatic rings. The number of rotatable bonds is 4. The quantitative estimate of drug-likeness (QED) is 0.480. The van der Waals surface area contributed by atoms with Gasteiger partial charge in [-0.15, -0.1) is 0 Å². The lowest BCUT2D eigenvalue weighted by Gasteiger charge is -2.35. The third-order valence-corrected chi connectivity index (χ3v) is 4.17. The lowest BCUT2D eigenvalue weighted by molar-refractivity contribution is -0.384. The SMILES string of the molecule is CC1CCCC(N(C)c2ccc(C=O)cc2[N+](=O)[O-])C1. The van der Waals surface area contributed by atoms with Crippen LogP contribution in [-0.2, 0) is 0 Å². The third kappa shape index (κ3) is 2.98. The van der Waals surface area contributed by atoms with Crippen molar-refractivity contribution in [1.82, 2.24) is 0 Å². The molecule has 20 heavy (non-hydrogen) atoms. The van der Waals surface area contributed by atoms with E-state index in [-0.39, 0.29) is 5.69 Å². The Balaban J connectivity index is 2.30. The first-order valence-electron chi connectivity index (χ1n) is 6.99. The van der Waals surface area contributed by atoms with Crippen molar-refractivity contribution in [2.24, 2.45) is 5.92 Å². The van der Waals surface area contributed by atoms with Gasteiger partial charge < -0.3 is 4.90 Å². The van der Waals surface area contributed by atoms with Crippen LogP contribution in [0, 0.1) is 16.0 Å². The van der Waals surface area contributed by atoms with E-state index in [2.05, 4.69) is 6.92 Å². The van der Waals surface area contributed by atoms with Crippen LogP contribution >= 0.6 is 0 Å². The molecule has 5 nitrogen and oxygen atoms in total. The Morgan fingerprint density at radius 1 is 1.40 bits per heavy atom. The summed E-state index contributed by atoms with van der Waals surface area (Å²) in [6, 6.07) is 5.00. The summed E-state index contributed by atoms with van der Waals surface area (Å²) in [5.74, 6) is 0.657. The summed E-state index contributed by atoms with van der Waals surface area (Å²) >= 11 is 0. The van der Waals surface area contributed by atoms with Crippen LogP contribution in [0.1, 0.15) is 43.0 Å². The highest BCUT2D eigenvalue weighted by Gasteiger charge is 2.26. The summed E-state index contributed by atoms with van der Waals surface area (Å²) in [6.07, 6.45) is 5.16. The predicted molar refractivity (Wildman–Crippen MR) is 78.3 cm³/mol. The Morgan fingerprint density at radius 3 is 2.75 bits per heavy atom. The average molecular weight is 276 g/mol. The third-order valence-electron chi connectivity index (χ3n) is 4.17. The zero-order chi connectivity index (χ0) is 14.7. The number of hydrogen-bond donors (Lipinski definition) is 0. The second-order valence-electron chi connectivity index (χ2n) is 5.66. The molecule has 0 N–H and O–H groups in total. The molecule has 1 fully saturated rings. The summed E-state index contributed by atoms with van der Waals surface area (Å²) in [7, 11) is 1.91. The van der Waals surface area contributed by atoms with Gasteiger partial charge >= 0.3 is 0 Å².